The van der Waals surface area contributed by atoms with Crippen LogP contribution in [-0.2, 0) is 6.54 Å². The number of nitrogens with zero attached hydrogens (tertiary/aromatic N) is 3. The van der Waals surface area contributed by atoms with Crippen LogP contribution in [0.5, 0.6) is 0 Å². The van der Waals surface area contributed by atoms with Crippen molar-refractivity contribution in [2.75, 3.05) is 0 Å². The quantitative estimate of drug-likeness (QED) is 0.386. The van der Waals surface area contributed by atoms with Gasteiger partial charge < -0.3 is 9.84 Å². The van der Waals surface area contributed by atoms with Crippen molar-refractivity contribution >= 4 is 11.6 Å². The third kappa shape index (κ3) is 4.55. The van der Waals surface area contributed by atoms with E-state index >= 15 is 0 Å². The number of carbonyl (C=O) groups is 1. The molecule has 1 N–H and O–H groups in total. The average molecular weight is 472 g/mol. The van der Waals surface area contributed by atoms with E-state index in [9.17, 15) is 13.6 Å². The zero-order valence-electron chi connectivity index (χ0n) is 19.1. The molecular formula is C27H22F2N4O2. The molecule has 8 heteroatoms. The van der Waals surface area contributed by atoms with Crippen LogP contribution in [0.4, 0.5) is 13.6 Å². The van der Waals surface area contributed by atoms with Crippen molar-refractivity contribution in [1.82, 2.24) is 20.4 Å². The molecule has 1 atom stereocenters. The standard InChI is InChI=1S/C27H22F2N4O2/c1-16-4-3-5-18(14-16)15-33-17(2)23(24(30-27(33)34)19-6-10-21(28)11-7-19)26-31-25(32-35-26)20-8-12-22(29)13-9-20/h3-14,24H,15H2,1-2H3,(H,30,34). The van der Waals surface area contributed by atoms with Gasteiger partial charge in [-0.05, 0) is 61.4 Å². The van der Waals surface area contributed by atoms with Crippen LogP contribution < -0.4 is 5.32 Å². The van der Waals surface area contributed by atoms with Gasteiger partial charge in [-0.2, -0.15) is 4.98 Å². The first-order chi connectivity index (χ1) is 16.9. The van der Waals surface area contributed by atoms with Crippen molar-refractivity contribution < 1.29 is 18.1 Å². The lowest BCUT2D eigenvalue weighted by Gasteiger charge is -2.35. The van der Waals surface area contributed by atoms with E-state index in [1.54, 1.807) is 29.2 Å². The van der Waals surface area contributed by atoms with Crippen LogP contribution in [-0.4, -0.2) is 21.1 Å². The highest BCUT2D eigenvalue weighted by atomic mass is 19.1. The molecule has 0 saturated heterocycles. The molecule has 0 fully saturated rings. The molecule has 35 heavy (non-hydrogen) atoms. The van der Waals surface area contributed by atoms with Crippen LogP contribution in [0.25, 0.3) is 17.0 Å². The summed E-state index contributed by atoms with van der Waals surface area (Å²) < 4.78 is 32.6. The van der Waals surface area contributed by atoms with Gasteiger partial charge in [0.2, 0.25) is 5.82 Å². The Balaban J connectivity index is 1.59. The largest absolute Gasteiger partial charge is 0.334 e. The Morgan fingerprint density at radius 3 is 2.34 bits per heavy atom. The fourth-order valence-electron chi connectivity index (χ4n) is 4.20. The number of rotatable bonds is 5. The fourth-order valence-corrected chi connectivity index (χ4v) is 4.20. The number of hydrogen-bond acceptors (Lipinski definition) is 4. The molecule has 0 aliphatic carbocycles. The van der Waals surface area contributed by atoms with Gasteiger partial charge in [-0.15, -0.1) is 0 Å². The highest BCUT2D eigenvalue weighted by Gasteiger charge is 2.35. The van der Waals surface area contributed by atoms with Gasteiger partial charge in [0, 0.05) is 11.3 Å². The highest BCUT2D eigenvalue weighted by molar-refractivity contribution is 5.86. The molecular weight excluding hydrogens is 450 g/mol. The second kappa shape index (κ2) is 9.13. The zero-order chi connectivity index (χ0) is 24.5. The number of allylic oxidation sites excluding steroid dienone is 1. The SMILES string of the molecule is CC1=C(c2nc(-c3ccc(F)cc3)no2)C(c2ccc(F)cc2)NC(=O)N1Cc1cccc(C)c1. The summed E-state index contributed by atoms with van der Waals surface area (Å²) in [4.78, 5) is 19.3. The van der Waals surface area contributed by atoms with Gasteiger partial charge >= 0.3 is 6.03 Å². The molecule has 0 radical (unpaired) electrons. The van der Waals surface area contributed by atoms with Gasteiger partial charge in [-0.1, -0.05) is 47.1 Å². The van der Waals surface area contributed by atoms with E-state index in [0.29, 0.717) is 34.8 Å². The summed E-state index contributed by atoms with van der Waals surface area (Å²) in [5, 5.41) is 7.08. The minimum absolute atomic E-state index is 0.213. The van der Waals surface area contributed by atoms with E-state index < -0.39 is 6.04 Å². The van der Waals surface area contributed by atoms with Crippen LogP contribution >= 0.6 is 0 Å². The third-order valence-electron chi connectivity index (χ3n) is 5.98. The molecule has 176 valence electrons. The number of amides is 2. The molecule has 0 spiro atoms. The number of aromatic nitrogens is 2. The van der Waals surface area contributed by atoms with Crippen LogP contribution in [0, 0.1) is 18.6 Å². The van der Waals surface area contributed by atoms with E-state index in [1.165, 1.54) is 24.3 Å². The maximum absolute atomic E-state index is 13.6. The number of urea groups is 1. The molecule has 2 amide bonds. The Bertz CT molecular complexity index is 1410. The Hall–Kier alpha value is -4.33. The second-order valence-corrected chi connectivity index (χ2v) is 8.44. The molecule has 0 saturated carbocycles. The Morgan fingerprint density at radius 2 is 1.66 bits per heavy atom. The second-order valence-electron chi connectivity index (χ2n) is 8.44. The van der Waals surface area contributed by atoms with Crippen molar-refractivity contribution in [2.24, 2.45) is 0 Å². The fraction of sp³-hybridized carbons (Fsp3) is 0.148. The van der Waals surface area contributed by atoms with E-state index in [1.807, 2.05) is 38.1 Å². The van der Waals surface area contributed by atoms with Gasteiger partial charge in [0.05, 0.1) is 18.2 Å². The summed E-state index contributed by atoms with van der Waals surface area (Å²) in [6.45, 7) is 4.16. The molecule has 1 aliphatic rings. The van der Waals surface area contributed by atoms with E-state index in [4.69, 9.17) is 4.52 Å². The first-order valence-corrected chi connectivity index (χ1v) is 11.1. The highest BCUT2D eigenvalue weighted by Crippen LogP contribution is 2.38. The molecule has 1 unspecified atom stereocenters. The van der Waals surface area contributed by atoms with Crippen LogP contribution in [0.3, 0.4) is 0 Å². The van der Waals surface area contributed by atoms with Crippen molar-refractivity contribution in [3.63, 3.8) is 0 Å². The lowest BCUT2D eigenvalue weighted by Crippen LogP contribution is -2.45. The molecule has 1 aliphatic heterocycles. The van der Waals surface area contributed by atoms with Gasteiger partial charge in [0.15, 0.2) is 0 Å². The normalized spacial score (nSPS) is 15.9. The zero-order valence-corrected chi connectivity index (χ0v) is 19.1. The monoisotopic (exact) mass is 472 g/mol. The third-order valence-corrected chi connectivity index (χ3v) is 5.98. The maximum atomic E-state index is 13.6. The minimum Gasteiger partial charge on any atom is -0.334 e. The lowest BCUT2D eigenvalue weighted by atomic mass is 9.94. The van der Waals surface area contributed by atoms with Crippen molar-refractivity contribution in [1.29, 1.82) is 0 Å². The molecule has 2 heterocycles. The molecule has 3 aromatic carbocycles. The molecule has 4 aromatic rings. The van der Waals surface area contributed by atoms with Crippen molar-refractivity contribution in [3.8, 4) is 11.4 Å². The number of carbonyl (C=O) groups excluding carboxylic acids is 1. The van der Waals surface area contributed by atoms with Gasteiger partial charge in [0.25, 0.3) is 5.89 Å². The van der Waals surface area contributed by atoms with Crippen LogP contribution in [0.15, 0.2) is 83.0 Å². The number of halogens is 2. The summed E-state index contributed by atoms with van der Waals surface area (Å²) >= 11 is 0. The summed E-state index contributed by atoms with van der Waals surface area (Å²) in [6.07, 6.45) is 0. The van der Waals surface area contributed by atoms with E-state index in [0.717, 1.165) is 11.1 Å². The summed E-state index contributed by atoms with van der Waals surface area (Å²) in [5.41, 5.74) is 4.56. The predicted molar refractivity (Wildman–Crippen MR) is 127 cm³/mol. The predicted octanol–water partition coefficient (Wildman–Crippen LogP) is 6.02. The first kappa shape index (κ1) is 22.5. The lowest BCUT2D eigenvalue weighted by molar-refractivity contribution is 0.203. The van der Waals surface area contributed by atoms with E-state index in [2.05, 4.69) is 15.5 Å². The number of hydrogen-bond donors (Lipinski definition) is 1. The van der Waals surface area contributed by atoms with Gasteiger partial charge in [-0.3, -0.25) is 4.90 Å². The van der Waals surface area contributed by atoms with Crippen LogP contribution in [0.2, 0.25) is 0 Å². The molecule has 1 aromatic heterocycles. The topological polar surface area (TPSA) is 71.3 Å². The smallest absolute Gasteiger partial charge is 0.322 e. The van der Waals surface area contributed by atoms with Crippen molar-refractivity contribution in [2.45, 2.75) is 26.4 Å². The Morgan fingerprint density at radius 1 is 0.971 bits per heavy atom. The maximum Gasteiger partial charge on any atom is 0.322 e. The number of nitrogens with one attached hydrogen (secondary N) is 1. The van der Waals surface area contributed by atoms with Crippen molar-refractivity contribution in [3.05, 3.63) is 113 Å². The number of benzene rings is 3. The minimum atomic E-state index is -0.627. The Labute approximate surface area is 200 Å². The summed E-state index contributed by atoms with van der Waals surface area (Å²) in [5.74, 6) is -0.240. The van der Waals surface area contributed by atoms with E-state index in [-0.39, 0.29) is 23.6 Å². The van der Waals surface area contributed by atoms with Gasteiger partial charge in [-0.25, -0.2) is 13.6 Å². The molecule has 5 rings (SSSR count). The summed E-state index contributed by atoms with van der Waals surface area (Å²) in [7, 11) is 0. The number of aryl methyl sites for hydroxylation is 1. The first-order valence-electron chi connectivity index (χ1n) is 11.1. The Kier molecular flexibility index (Phi) is 5.86. The van der Waals surface area contributed by atoms with Crippen LogP contribution in [0.1, 0.15) is 35.5 Å². The molecule has 6 nitrogen and oxygen atoms in total. The average Bonchev–Trinajstić information content (AvgIpc) is 3.32. The van der Waals surface area contributed by atoms with Gasteiger partial charge in [0.1, 0.15) is 11.6 Å². The molecule has 0 bridgehead atoms. The summed E-state index contributed by atoms with van der Waals surface area (Å²) in [6, 6.07) is 18.7.